The Hall–Kier alpha value is -1.46. The molecule has 0 atom stereocenters. The van der Waals surface area contributed by atoms with Crippen LogP contribution in [0.3, 0.4) is 0 Å². The maximum atomic E-state index is 8.82. The van der Waals surface area contributed by atoms with E-state index in [0.29, 0.717) is 28.1 Å². The van der Waals surface area contributed by atoms with E-state index in [4.69, 9.17) is 37.8 Å². The van der Waals surface area contributed by atoms with Crippen LogP contribution in [0.5, 0.6) is 11.5 Å². The fourth-order valence-electron chi connectivity index (χ4n) is 2.60. The van der Waals surface area contributed by atoms with E-state index in [-0.39, 0.29) is 13.2 Å². The van der Waals surface area contributed by atoms with E-state index >= 15 is 0 Å². The van der Waals surface area contributed by atoms with Gasteiger partial charge in [0.1, 0.15) is 6.61 Å². The van der Waals surface area contributed by atoms with Crippen LogP contribution in [0.2, 0.25) is 10.0 Å². The Labute approximate surface area is 165 Å². The molecule has 0 amide bonds. The lowest BCUT2D eigenvalue weighted by Crippen LogP contribution is -2.16. The monoisotopic (exact) mass is 397 g/mol. The number of aliphatic hydroxyl groups excluding tert-OH is 1. The van der Waals surface area contributed by atoms with Gasteiger partial charge in [0.15, 0.2) is 11.5 Å². The van der Waals surface area contributed by atoms with Crippen molar-refractivity contribution in [3.63, 3.8) is 0 Å². The molecule has 142 valence electrons. The first-order valence-corrected chi connectivity index (χ1v) is 9.46. The Bertz CT molecular complexity index is 675. The molecule has 0 aliphatic rings. The number of benzene rings is 2. The molecule has 2 aromatic rings. The summed E-state index contributed by atoms with van der Waals surface area (Å²) in [6.45, 7) is 2.07. The van der Waals surface area contributed by atoms with Gasteiger partial charge < -0.3 is 19.9 Å². The molecule has 0 bridgehead atoms. The summed E-state index contributed by atoms with van der Waals surface area (Å²) in [5.74, 6) is 1.36. The minimum atomic E-state index is 0.248. The van der Waals surface area contributed by atoms with Crippen LogP contribution in [0.4, 0.5) is 0 Å². The lowest BCUT2D eigenvalue weighted by molar-refractivity contribution is 0.280. The number of hydrogen-bond acceptors (Lipinski definition) is 4. The molecule has 0 heterocycles. The minimum absolute atomic E-state index is 0.248. The van der Waals surface area contributed by atoms with Gasteiger partial charge in [-0.25, -0.2) is 0 Å². The molecule has 0 aliphatic heterocycles. The molecule has 0 radical (unpaired) electrons. The van der Waals surface area contributed by atoms with E-state index in [1.165, 1.54) is 0 Å². The molecule has 26 heavy (non-hydrogen) atoms. The molecule has 6 heteroatoms. The summed E-state index contributed by atoms with van der Waals surface area (Å²) in [5, 5.41) is 13.4. The largest absolute Gasteiger partial charge is 0.493 e. The van der Waals surface area contributed by atoms with Crippen LogP contribution in [0.25, 0.3) is 0 Å². The summed E-state index contributed by atoms with van der Waals surface area (Å²) < 4.78 is 11.5. The number of aliphatic hydroxyl groups is 1. The van der Waals surface area contributed by atoms with Gasteiger partial charge in [-0.3, -0.25) is 0 Å². The van der Waals surface area contributed by atoms with Gasteiger partial charge in [-0.05, 0) is 44.0 Å². The van der Waals surface area contributed by atoms with E-state index in [1.807, 2.05) is 24.3 Å². The molecule has 2 N–H and O–H groups in total. The lowest BCUT2D eigenvalue weighted by Gasteiger charge is -2.16. The van der Waals surface area contributed by atoms with Crippen LogP contribution in [-0.2, 0) is 13.2 Å². The number of para-hydroxylation sites is 1. The van der Waals surface area contributed by atoms with Gasteiger partial charge in [0, 0.05) is 34.3 Å². The van der Waals surface area contributed by atoms with E-state index in [9.17, 15) is 0 Å². The molecule has 2 aromatic carbocycles. The Kier molecular flexibility index (Phi) is 9.06. The number of unbranched alkanes of at least 4 members (excludes halogenated alkanes) is 2. The highest BCUT2D eigenvalue weighted by Gasteiger charge is 2.13. The highest BCUT2D eigenvalue weighted by Crippen LogP contribution is 2.33. The molecule has 2 rings (SSSR count). The summed E-state index contributed by atoms with van der Waals surface area (Å²) in [5.41, 5.74) is 1.76. The molecule has 0 fully saturated rings. The van der Waals surface area contributed by atoms with Crippen molar-refractivity contribution in [3.8, 4) is 11.5 Å². The Morgan fingerprint density at radius 3 is 2.42 bits per heavy atom. The zero-order valence-electron chi connectivity index (χ0n) is 14.9. The van der Waals surface area contributed by atoms with Crippen molar-refractivity contribution in [1.29, 1.82) is 0 Å². The first-order chi connectivity index (χ1) is 12.7. The summed E-state index contributed by atoms with van der Waals surface area (Å²) in [4.78, 5) is 0. The van der Waals surface area contributed by atoms with Gasteiger partial charge in [-0.2, -0.15) is 0 Å². The minimum Gasteiger partial charge on any atom is -0.493 e. The molecule has 4 nitrogen and oxygen atoms in total. The fourth-order valence-corrected chi connectivity index (χ4v) is 3.11. The van der Waals surface area contributed by atoms with E-state index < -0.39 is 0 Å². The molecule has 0 saturated heterocycles. The number of rotatable bonds is 11. The average molecular weight is 398 g/mol. The van der Waals surface area contributed by atoms with Gasteiger partial charge in [0.25, 0.3) is 0 Å². The molecular formula is C20H25Cl2NO3. The second-order valence-electron chi connectivity index (χ2n) is 5.90. The quantitative estimate of drug-likeness (QED) is 0.532. The second kappa shape index (κ2) is 11.3. The SMILES string of the molecule is COc1cccc(CNCCCCCO)c1OCc1c(Cl)cccc1Cl. The van der Waals surface area contributed by atoms with Crippen LogP contribution in [0.15, 0.2) is 36.4 Å². The number of halogens is 2. The number of methoxy groups -OCH3 is 1. The predicted octanol–water partition coefficient (Wildman–Crippen LogP) is 4.83. The standard InChI is InChI=1S/C20H25Cl2NO3/c1-25-19-10-5-7-15(13-23-11-3-2-4-12-24)20(19)26-14-16-17(21)8-6-9-18(16)22/h5-10,23-24H,2-4,11-14H2,1H3. The number of hydrogen-bond donors (Lipinski definition) is 2. The first kappa shape index (κ1) is 20.8. The Morgan fingerprint density at radius 2 is 1.73 bits per heavy atom. The maximum absolute atomic E-state index is 8.82. The van der Waals surface area contributed by atoms with Crippen molar-refractivity contribution in [3.05, 3.63) is 57.6 Å². The molecular weight excluding hydrogens is 373 g/mol. The molecule has 0 unspecified atom stereocenters. The highest BCUT2D eigenvalue weighted by molar-refractivity contribution is 6.35. The van der Waals surface area contributed by atoms with Crippen molar-refractivity contribution in [2.75, 3.05) is 20.3 Å². The van der Waals surface area contributed by atoms with Gasteiger partial charge in [0.2, 0.25) is 0 Å². The highest BCUT2D eigenvalue weighted by atomic mass is 35.5. The maximum Gasteiger partial charge on any atom is 0.166 e. The Balaban J connectivity index is 2.03. The van der Waals surface area contributed by atoms with Crippen molar-refractivity contribution in [2.45, 2.75) is 32.4 Å². The van der Waals surface area contributed by atoms with E-state index in [0.717, 1.165) is 36.9 Å². The van der Waals surface area contributed by atoms with Crippen LogP contribution in [-0.4, -0.2) is 25.4 Å². The molecule has 0 aliphatic carbocycles. The van der Waals surface area contributed by atoms with Crippen LogP contribution in [0.1, 0.15) is 30.4 Å². The normalized spacial score (nSPS) is 10.8. The van der Waals surface area contributed by atoms with E-state index in [2.05, 4.69) is 5.32 Å². The predicted molar refractivity (Wildman–Crippen MR) is 106 cm³/mol. The third kappa shape index (κ3) is 6.06. The molecule has 0 saturated carbocycles. The van der Waals surface area contributed by atoms with Crippen LogP contribution in [0, 0.1) is 0 Å². The van der Waals surface area contributed by atoms with Gasteiger partial charge in [-0.15, -0.1) is 0 Å². The fraction of sp³-hybridized carbons (Fsp3) is 0.400. The van der Waals surface area contributed by atoms with Gasteiger partial charge >= 0.3 is 0 Å². The Morgan fingerprint density at radius 1 is 1.00 bits per heavy atom. The summed E-state index contributed by atoms with van der Waals surface area (Å²) in [6.07, 6.45) is 2.87. The average Bonchev–Trinajstić information content (AvgIpc) is 2.64. The third-order valence-corrected chi connectivity index (χ3v) is 4.74. The van der Waals surface area contributed by atoms with Crippen LogP contribution >= 0.6 is 23.2 Å². The number of nitrogens with one attached hydrogen (secondary N) is 1. The zero-order chi connectivity index (χ0) is 18.8. The third-order valence-electron chi connectivity index (χ3n) is 4.03. The van der Waals surface area contributed by atoms with Gasteiger partial charge in [0.05, 0.1) is 7.11 Å². The first-order valence-electron chi connectivity index (χ1n) is 8.70. The lowest BCUT2D eigenvalue weighted by atomic mass is 10.1. The molecule has 0 spiro atoms. The zero-order valence-corrected chi connectivity index (χ0v) is 16.4. The summed E-state index contributed by atoms with van der Waals surface area (Å²) in [6, 6.07) is 11.2. The van der Waals surface area contributed by atoms with Crippen LogP contribution < -0.4 is 14.8 Å². The van der Waals surface area contributed by atoms with Crippen molar-refractivity contribution in [1.82, 2.24) is 5.32 Å². The smallest absolute Gasteiger partial charge is 0.166 e. The topological polar surface area (TPSA) is 50.7 Å². The summed E-state index contributed by atoms with van der Waals surface area (Å²) in [7, 11) is 1.62. The second-order valence-corrected chi connectivity index (χ2v) is 6.71. The van der Waals surface area contributed by atoms with Gasteiger partial charge in [-0.1, -0.05) is 41.4 Å². The summed E-state index contributed by atoms with van der Waals surface area (Å²) >= 11 is 12.5. The van der Waals surface area contributed by atoms with E-state index in [1.54, 1.807) is 19.2 Å². The van der Waals surface area contributed by atoms with Crippen molar-refractivity contribution >= 4 is 23.2 Å². The number of ether oxygens (including phenoxy) is 2. The van der Waals surface area contributed by atoms with Crippen molar-refractivity contribution in [2.24, 2.45) is 0 Å². The van der Waals surface area contributed by atoms with Crippen molar-refractivity contribution < 1.29 is 14.6 Å². The molecule has 0 aromatic heterocycles.